The summed E-state index contributed by atoms with van der Waals surface area (Å²) in [6, 6.07) is 15.2. The number of carboxylic acid groups (broad SMARTS) is 1. The number of nitrogens with zero attached hydrogens (tertiary/aromatic N) is 5. The summed E-state index contributed by atoms with van der Waals surface area (Å²) < 4.78 is 5.08. The van der Waals surface area contributed by atoms with Gasteiger partial charge in [-0.2, -0.15) is 4.80 Å². The van der Waals surface area contributed by atoms with E-state index in [9.17, 15) is 14.4 Å². The smallest absolute Gasteiger partial charge is 0.408 e. The Bertz CT molecular complexity index is 1270. The van der Waals surface area contributed by atoms with E-state index in [1.165, 1.54) is 0 Å². The topological polar surface area (TPSA) is 165 Å². The van der Waals surface area contributed by atoms with Crippen LogP contribution in [0.15, 0.2) is 54.6 Å². The number of aromatic amines is 1. The lowest BCUT2D eigenvalue weighted by atomic mass is 10.1. The van der Waals surface area contributed by atoms with Crippen LogP contribution >= 0.6 is 12.4 Å². The molecule has 1 amide bonds. The minimum Gasteiger partial charge on any atom is -0.481 e. The number of benzene rings is 2. The van der Waals surface area contributed by atoms with Gasteiger partial charge in [-0.05, 0) is 22.9 Å². The fraction of sp³-hybridized carbons (Fsp3) is 0.227. The first-order valence-electron chi connectivity index (χ1n) is 10.4. The molecule has 182 valence electrons. The zero-order valence-electron chi connectivity index (χ0n) is 18.3. The van der Waals surface area contributed by atoms with Crippen molar-refractivity contribution in [2.75, 3.05) is 0 Å². The Morgan fingerprint density at radius 2 is 1.83 bits per heavy atom. The number of carboxylic acids is 1. The number of H-pyrrole nitrogens is 1. The molecule has 0 aliphatic rings. The molecule has 0 spiro atoms. The number of para-hydroxylation sites is 2. The van der Waals surface area contributed by atoms with Crippen molar-refractivity contribution < 1.29 is 24.2 Å². The van der Waals surface area contributed by atoms with E-state index < -0.39 is 30.3 Å². The summed E-state index contributed by atoms with van der Waals surface area (Å²) in [6.45, 7) is -0.388. The molecule has 3 N–H and O–H groups in total. The maximum absolute atomic E-state index is 12.7. The molecule has 4 aromatic rings. The lowest BCUT2D eigenvalue weighted by molar-refractivity contribution is -0.139. The Balaban J connectivity index is 0.00000342. The van der Waals surface area contributed by atoms with Crippen LogP contribution in [0.4, 0.5) is 4.79 Å². The molecule has 4 rings (SSSR count). The van der Waals surface area contributed by atoms with Crippen molar-refractivity contribution in [2.24, 2.45) is 0 Å². The van der Waals surface area contributed by atoms with Crippen molar-refractivity contribution in [1.82, 2.24) is 35.5 Å². The third-order valence-corrected chi connectivity index (χ3v) is 4.83. The number of ether oxygens (including phenoxy) is 1. The predicted molar refractivity (Wildman–Crippen MR) is 125 cm³/mol. The van der Waals surface area contributed by atoms with Crippen LogP contribution in [0.2, 0.25) is 0 Å². The highest BCUT2D eigenvalue weighted by atomic mass is 35.5. The molecule has 0 saturated heterocycles. The molecule has 1 atom stereocenters. The molecule has 2 aromatic carbocycles. The standard InChI is InChI=1S/C22H21N7O5.ClH/c30-18(17(10-21(31)32)25-22(33)34-13-14-6-2-1-3-7-14)12-29-27-20(26-28-29)11-19-23-15-8-4-5-9-16(15)24-19;/h1-9,17H,10-13H2,(H,23,24)(H,25,33)(H,31,32);1H. The van der Waals surface area contributed by atoms with Gasteiger partial charge in [0.25, 0.3) is 0 Å². The number of rotatable bonds is 10. The van der Waals surface area contributed by atoms with Gasteiger partial charge in [0.2, 0.25) is 0 Å². The van der Waals surface area contributed by atoms with Gasteiger partial charge in [0.05, 0.1) is 23.9 Å². The molecule has 13 heteroatoms. The van der Waals surface area contributed by atoms with Crippen LogP contribution in [0.1, 0.15) is 23.6 Å². The quantitative estimate of drug-likeness (QED) is 0.295. The number of hydrogen-bond acceptors (Lipinski definition) is 8. The van der Waals surface area contributed by atoms with E-state index in [1.54, 1.807) is 24.3 Å². The summed E-state index contributed by atoms with van der Waals surface area (Å²) in [4.78, 5) is 44.6. The Labute approximate surface area is 205 Å². The molecule has 0 aliphatic heterocycles. The van der Waals surface area contributed by atoms with E-state index in [4.69, 9.17) is 9.84 Å². The molecular formula is C22H22ClN7O5. The van der Waals surface area contributed by atoms with Gasteiger partial charge in [0, 0.05) is 0 Å². The summed E-state index contributed by atoms with van der Waals surface area (Å²) in [5, 5.41) is 23.4. The first-order chi connectivity index (χ1) is 16.5. The van der Waals surface area contributed by atoms with Crippen LogP contribution in [0, 0.1) is 0 Å². The molecule has 2 heterocycles. The summed E-state index contributed by atoms with van der Waals surface area (Å²) in [6.07, 6.45) is -1.24. The fourth-order valence-electron chi connectivity index (χ4n) is 3.23. The maximum Gasteiger partial charge on any atom is 0.408 e. The molecule has 0 fully saturated rings. The minimum atomic E-state index is -1.31. The average molecular weight is 500 g/mol. The number of alkyl carbamates (subject to hydrolysis) is 1. The van der Waals surface area contributed by atoms with Crippen molar-refractivity contribution >= 4 is 41.3 Å². The number of imidazole rings is 1. The molecule has 0 aliphatic carbocycles. The largest absolute Gasteiger partial charge is 0.481 e. The van der Waals surface area contributed by atoms with E-state index in [-0.39, 0.29) is 32.0 Å². The van der Waals surface area contributed by atoms with Crippen LogP contribution in [0.5, 0.6) is 0 Å². The summed E-state index contributed by atoms with van der Waals surface area (Å²) >= 11 is 0. The monoisotopic (exact) mass is 499 g/mol. The summed E-state index contributed by atoms with van der Waals surface area (Å²) in [5.74, 6) is -0.888. The number of carbonyl (C=O) groups is 3. The Morgan fingerprint density at radius 1 is 1.09 bits per heavy atom. The zero-order valence-corrected chi connectivity index (χ0v) is 19.1. The van der Waals surface area contributed by atoms with Gasteiger partial charge in [-0.15, -0.1) is 22.6 Å². The van der Waals surface area contributed by atoms with Crippen LogP contribution in [0.3, 0.4) is 0 Å². The van der Waals surface area contributed by atoms with E-state index in [1.807, 2.05) is 30.3 Å². The van der Waals surface area contributed by atoms with Crippen molar-refractivity contribution in [1.29, 1.82) is 0 Å². The van der Waals surface area contributed by atoms with Gasteiger partial charge < -0.3 is 20.1 Å². The molecule has 12 nitrogen and oxygen atoms in total. The first kappa shape index (κ1) is 25.3. The number of hydrogen-bond donors (Lipinski definition) is 3. The third kappa shape index (κ3) is 7.08. The zero-order chi connectivity index (χ0) is 23.9. The van der Waals surface area contributed by atoms with E-state index in [0.717, 1.165) is 21.4 Å². The normalized spacial score (nSPS) is 11.4. The Hall–Kier alpha value is -4.32. The molecule has 35 heavy (non-hydrogen) atoms. The number of aliphatic carboxylic acids is 1. The SMILES string of the molecule is Cl.O=C(O)CC(NC(=O)OCc1ccccc1)C(=O)Cn1nnc(Cc2nc3ccccc3[nH]2)n1. The number of fused-ring (bicyclic) bond motifs is 1. The van der Waals surface area contributed by atoms with Crippen LogP contribution in [-0.4, -0.2) is 59.2 Å². The van der Waals surface area contributed by atoms with Gasteiger partial charge in [0.1, 0.15) is 25.0 Å². The minimum absolute atomic E-state index is 0. The Kier molecular flexibility index (Phi) is 8.46. The molecular weight excluding hydrogens is 478 g/mol. The highest BCUT2D eigenvalue weighted by Crippen LogP contribution is 2.12. The number of ketones is 1. The number of aromatic nitrogens is 6. The maximum atomic E-state index is 12.7. The first-order valence-corrected chi connectivity index (χ1v) is 10.4. The van der Waals surface area contributed by atoms with Crippen molar-refractivity contribution in [3.05, 3.63) is 71.8 Å². The van der Waals surface area contributed by atoms with Crippen molar-refractivity contribution in [2.45, 2.75) is 32.0 Å². The second kappa shape index (κ2) is 11.7. The van der Waals surface area contributed by atoms with Crippen LogP contribution in [-0.2, 0) is 33.9 Å². The highest BCUT2D eigenvalue weighted by Gasteiger charge is 2.25. The van der Waals surface area contributed by atoms with Gasteiger partial charge in [-0.1, -0.05) is 42.5 Å². The average Bonchev–Trinajstić information content (AvgIpc) is 3.43. The fourth-order valence-corrected chi connectivity index (χ4v) is 3.23. The molecule has 0 bridgehead atoms. The summed E-state index contributed by atoms with van der Waals surface area (Å²) in [5.41, 5.74) is 2.44. The Morgan fingerprint density at radius 3 is 2.57 bits per heavy atom. The number of Topliss-reactive ketones (excluding diaryl/α,β-unsaturated/α-hetero) is 1. The predicted octanol–water partition coefficient (Wildman–Crippen LogP) is 1.90. The van der Waals surface area contributed by atoms with E-state index in [2.05, 4.69) is 30.7 Å². The van der Waals surface area contributed by atoms with Crippen LogP contribution < -0.4 is 5.32 Å². The number of tetrazole rings is 1. The van der Waals surface area contributed by atoms with Crippen molar-refractivity contribution in [3.8, 4) is 0 Å². The summed E-state index contributed by atoms with van der Waals surface area (Å²) in [7, 11) is 0. The van der Waals surface area contributed by atoms with E-state index >= 15 is 0 Å². The molecule has 1 unspecified atom stereocenters. The number of amides is 1. The number of halogens is 1. The van der Waals surface area contributed by atoms with Crippen molar-refractivity contribution in [3.63, 3.8) is 0 Å². The highest BCUT2D eigenvalue weighted by molar-refractivity contribution is 5.90. The second-order valence-corrected chi connectivity index (χ2v) is 7.44. The second-order valence-electron chi connectivity index (χ2n) is 7.44. The van der Waals surface area contributed by atoms with Gasteiger partial charge >= 0.3 is 12.1 Å². The third-order valence-electron chi connectivity index (χ3n) is 4.83. The lowest BCUT2D eigenvalue weighted by Gasteiger charge is -2.15. The van der Waals surface area contributed by atoms with Gasteiger partial charge in [-0.3, -0.25) is 9.59 Å². The number of nitrogens with one attached hydrogen (secondary N) is 2. The van der Waals surface area contributed by atoms with E-state index in [0.29, 0.717) is 11.6 Å². The van der Waals surface area contributed by atoms with Gasteiger partial charge in [0.15, 0.2) is 11.6 Å². The van der Waals surface area contributed by atoms with Crippen LogP contribution in [0.25, 0.3) is 11.0 Å². The lowest BCUT2D eigenvalue weighted by Crippen LogP contribution is -2.44. The molecule has 0 saturated carbocycles. The molecule has 2 aromatic heterocycles. The van der Waals surface area contributed by atoms with Gasteiger partial charge in [-0.25, -0.2) is 9.78 Å². The molecule has 0 radical (unpaired) electrons. The number of carbonyl (C=O) groups excluding carboxylic acids is 2.